The SMILES string of the molecule is CC[C@H](C)[C@H](C(=O)O)N(C)c1cc(N[C@H](C)C(N)=O)c([N+](=O)[O-])cc1[N+](=O)[O-]. The molecule has 0 aromatic heterocycles. The van der Waals surface area contributed by atoms with Gasteiger partial charge in [0.1, 0.15) is 23.5 Å². The molecule has 0 saturated carbocycles. The van der Waals surface area contributed by atoms with Crippen molar-refractivity contribution < 1.29 is 24.5 Å². The van der Waals surface area contributed by atoms with Crippen molar-refractivity contribution in [3.8, 4) is 0 Å². The fourth-order valence-corrected chi connectivity index (χ4v) is 2.73. The molecule has 0 radical (unpaired) electrons. The second-order valence-electron chi connectivity index (χ2n) is 6.42. The van der Waals surface area contributed by atoms with E-state index in [4.69, 9.17) is 5.73 Å². The molecule has 0 heterocycles. The summed E-state index contributed by atoms with van der Waals surface area (Å²) in [4.78, 5) is 45.4. The van der Waals surface area contributed by atoms with Gasteiger partial charge in [0, 0.05) is 7.05 Å². The van der Waals surface area contributed by atoms with Crippen LogP contribution in [0.3, 0.4) is 0 Å². The van der Waals surface area contributed by atoms with Gasteiger partial charge in [-0.15, -0.1) is 0 Å². The standard InChI is InChI=1S/C16H23N5O7/c1-5-8(2)14(16(23)24)19(4)12-6-10(18-9(3)15(17)22)11(20(25)26)7-13(12)21(27)28/h6-9,14,18H,5H2,1-4H3,(H2,17,22)(H,23,24)/t8-,9+,14+/m0/s1. The molecule has 0 spiro atoms. The minimum atomic E-state index is -1.19. The zero-order valence-corrected chi connectivity index (χ0v) is 15.9. The number of carbonyl (C=O) groups is 2. The average molecular weight is 397 g/mol. The summed E-state index contributed by atoms with van der Waals surface area (Å²) in [7, 11) is 1.36. The van der Waals surface area contributed by atoms with Crippen molar-refractivity contribution in [2.24, 2.45) is 11.7 Å². The van der Waals surface area contributed by atoms with Gasteiger partial charge in [0.05, 0.1) is 15.9 Å². The van der Waals surface area contributed by atoms with Gasteiger partial charge in [-0.25, -0.2) is 4.79 Å². The fourth-order valence-electron chi connectivity index (χ4n) is 2.73. The maximum Gasteiger partial charge on any atom is 0.326 e. The van der Waals surface area contributed by atoms with Crippen molar-refractivity contribution in [1.82, 2.24) is 0 Å². The van der Waals surface area contributed by atoms with Gasteiger partial charge < -0.3 is 21.1 Å². The van der Waals surface area contributed by atoms with Crippen LogP contribution in [0.4, 0.5) is 22.7 Å². The van der Waals surface area contributed by atoms with Crippen molar-refractivity contribution in [2.45, 2.75) is 39.3 Å². The van der Waals surface area contributed by atoms with E-state index in [1.165, 1.54) is 18.9 Å². The molecular weight excluding hydrogens is 374 g/mol. The zero-order valence-electron chi connectivity index (χ0n) is 15.9. The Hall–Kier alpha value is -3.44. The Kier molecular flexibility index (Phi) is 7.24. The second-order valence-corrected chi connectivity index (χ2v) is 6.42. The quantitative estimate of drug-likeness (QED) is 0.391. The van der Waals surface area contributed by atoms with Gasteiger partial charge in [-0.1, -0.05) is 20.3 Å². The smallest absolute Gasteiger partial charge is 0.326 e. The highest BCUT2D eigenvalue weighted by molar-refractivity contribution is 5.87. The first-order valence-corrected chi connectivity index (χ1v) is 8.40. The summed E-state index contributed by atoms with van der Waals surface area (Å²) < 4.78 is 0. The molecule has 0 aliphatic heterocycles. The molecule has 1 rings (SSSR count). The number of likely N-dealkylation sites (N-methyl/N-ethyl adjacent to an activating group) is 1. The fraction of sp³-hybridized carbons (Fsp3) is 0.500. The minimum absolute atomic E-state index is 0.137. The number of hydrogen-bond donors (Lipinski definition) is 3. The Morgan fingerprint density at radius 2 is 1.75 bits per heavy atom. The van der Waals surface area contributed by atoms with Crippen molar-refractivity contribution in [3.05, 3.63) is 32.4 Å². The number of nitrogens with one attached hydrogen (secondary N) is 1. The lowest BCUT2D eigenvalue weighted by Crippen LogP contribution is -2.43. The van der Waals surface area contributed by atoms with Crippen LogP contribution in [0.15, 0.2) is 12.1 Å². The highest BCUT2D eigenvalue weighted by atomic mass is 16.6. The maximum atomic E-state index is 11.7. The zero-order chi connectivity index (χ0) is 21.8. The third kappa shape index (κ3) is 4.84. The number of rotatable bonds is 10. The molecule has 1 amide bonds. The lowest BCUT2D eigenvalue weighted by molar-refractivity contribution is -0.393. The van der Waals surface area contributed by atoms with Crippen LogP contribution >= 0.6 is 0 Å². The Morgan fingerprint density at radius 1 is 1.21 bits per heavy atom. The normalized spacial score (nSPS) is 13.9. The van der Waals surface area contributed by atoms with Crippen LogP contribution in [0.2, 0.25) is 0 Å². The van der Waals surface area contributed by atoms with Gasteiger partial charge in [-0.2, -0.15) is 0 Å². The summed E-state index contributed by atoms with van der Waals surface area (Å²) in [6.07, 6.45) is 0.492. The molecule has 0 unspecified atom stereocenters. The molecule has 154 valence electrons. The van der Waals surface area contributed by atoms with Crippen LogP contribution in [0.25, 0.3) is 0 Å². The van der Waals surface area contributed by atoms with E-state index in [-0.39, 0.29) is 17.3 Å². The van der Waals surface area contributed by atoms with Crippen LogP contribution in [0, 0.1) is 26.1 Å². The van der Waals surface area contributed by atoms with E-state index >= 15 is 0 Å². The summed E-state index contributed by atoms with van der Waals surface area (Å²) in [5, 5.41) is 35.0. The van der Waals surface area contributed by atoms with Crippen molar-refractivity contribution in [2.75, 3.05) is 17.3 Å². The average Bonchev–Trinajstić information content (AvgIpc) is 2.60. The van der Waals surface area contributed by atoms with Crippen LogP contribution < -0.4 is 16.0 Å². The number of nitro benzene ring substituents is 2. The Bertz CT molecular complexity index is 798. The lowest BCUT2D eigenvalue weighted by Gasteiger charge is -2.30. The predicted molar refractivity (Wildman–Crippen MR) is 101 cm³/mol. The number of carboxylic acid groups (broad SMARTS) is 1. The highest BCUT2D eigenvalue weighted by Gasteiger charge is 2.34. The number of carboxylic acids is 1. The number of carbonyl (C=O) groups excluding carboxylic acids is 1. The summed E-state index contributed by atoms with van der Waals surface area (Å²) in [6.45, 7) is 4.83. The molecule has 0 aliphatic carbocycles. The first-order valence-electron chi connectivity index (χ1n) is 8.40. The van der Waals surface area contributed by atoms with E-state index < -0.39 is 45.2 Å². The largest absolute Gasteiger partial charge is 0.480 e. The molecule has 4 N–H and O–H groups in total. The molecule has 12 nitrogen and oxygen atoms in total. The number of anilines is 2. The number of primary amides is 1. The van der Waals surface area contributed by atoms with Crippen LogP contribution in [-0.4, -0.2) is 46.0 Å². The molecule has 0 bridgehead atoms. The summed E-state index contributed by atoms with van der Waals surface area (Å²) in [5.74, 6) is -2.34. The number of nitrogens with zero attached hydrogens (tertiary/aromatic N) is 3. The first-order chi connectivity index (χ1) is 12.9. The van der Waals surface area contributed by atoms with Gasteiger partial charge in [-0.05, 0) is 18.9 Å². The summed E-state index contributed by atoms with van der Waals surface area (Å²) in [5.41, 5.74) is 3.59. The van der Waals surface area contributed by atoms with E-state index in [1.54, 1.807) is 13.8 Å². The molecule has 1 aromatic rings. The van der Waals surface area contributed by atoms with Gasteiger partial charge in [0.25, 0.3) is 11.4 Å². The van der Waals surface area contributed by atoms with E-state index in [2.05, 4.69) is 5.32 Å². The third-order valence-electron chi connectivity index (χ3n) is 4.52. The van der Waals surface area contributed by atoms with E-state index in [0.29, 0.717) is 6.42 Å². The molecule has 1 aromatic carbocycles. The van der Waals surface area contributed by atoms with E-state index in [1.807, 2.05) is 0 Å². The number of amides is 1. The second kappa shape index (κ2) is 8.97. The Morgan fingerprint density at radius 3 is 2.14 bits per heavy atom. The molecule has 28 heavy (non-hydrogen) atoms. The summed E-state index contributed by atoms with van der Waals surface area (Å²) in [6, 6.07) is -0.277. The number of hydrogen-bond acceptors (Lipinski definition) is 8. The topological polar surface area (TPSA) is 182 Å². The van der Waals surface area contributed by atoms with Crippen molar-refractivity contribution in [3.63, 3.8) is 0 Å². The number of benzene rings is 1. The Balaban J connectivity index is 3.66. The minimum Gasteiger partial charge on any atom is -0.480 e. The monoisotopic (exact) mass is 397 g/mol. The highest BCUT2D eigenvalue weighted by Crippen LogP contribution is 2.39. The lowest BCUT2D eigenvalue weighted by atomic mass is 9.97. The van der Waals surface area contributed by atoms with Crippen molar-refractivity contribution in [1.29, 1.82) is 0 Å². The van der Waals surface area contributed by atoms with Gasteiger partial charge >= 0.3 is 5.97 Å². The number of aliphatic carboxylic acids is 1. The molecule has 0 fully saturated rings. The predicted octanol–water partition coefficient (Wildman–Crippen LogP) is 1.72. The molecule has 0 saturated heterocycles. The molecular formula is C16H23N5O7. The van der Waals surface area contributed by atoms with Crippen LogP contribution in [0.5, 0.6) is 0 Å². The van der Waals surface area contributed by atoms with E-state index in [9.17, 15) is 34.9 Å². The van der Waals surface area contributed by atoms with Gasteiger partial charge in [0.15, 0.2) is 0 Å². The number of nitrogens with two attached hydrogens (primary N) is 1. The van der Waals surface area contributed by atoms with Gasteiger partial charge in [0.2, 0.25) is 5.91 Å². The Labute approximate surface area is 160 Å². The van der Waals surface area contributed by atoms with E-state index in [0.717, 1.165) is 12.1 Å². The molecule has 12 heteroatoms. The molecule has 3 atom stereocenters. The first kappa shape index (κ1) is 22.6. The number of nitro groups is 2. The molecule has 0 aliphatic rings. The van der Waals surface area contributed by atoms with Crippen LogP contribution in [0.1, 0.15) is 27.2 Å². The summed E-state index contributed by atoms with van der Waals surface area (Å²) >= 11 is 0. The van der Waals surface area contributed by atoms with Crippen LogP contribution in [-0.2, 0) is 9.59 Å². The maximum absolute atomic E-state index is 11.7. The third-order valence-corrected chi connectivity index (χ3v) is 4.52. The van der Waals surface area contributed by atoms with Gasteiger partial charge in [-0.3, -0.25) is 25.0 Å². The van der Waals surface area contributed by atoms with Crippen molar-refractivity contribution >= 4 is 34.6 Å².